The van der Waals surface area contributed by atoms with Gasteiger partial charge in [0.1, 0.15) is 18.7 Å². The second kappa shape index (κ2) is 9.12. The molecule has 0 radical (unpaired) electrons. The minimum Gasteiger partial charge on any atom is -0.480 e. The van der Waals surface area contributed by atoms with Gasteiger partial charge < -0.3 is 20.1 Å². The third kappa shape index (κ3) is 4.39. The van der Waals surface area contributed by atoms with E-state index in [1.807, 2.05) is 64.1 Å². The fraction of sp³-hybridized carbons (Fsp3) is 0.444. The molecule has 0 spiro atoms. The summed E-state index contributed by atoms with van der Waals surface area (Å²) in [5.41, 5.74) is 3.86. The van der Waals surface area contributed by atoms with Gasteiger partial charge in [-0.25, -0.2) is 9.59 Å². The number of nitrogens with one attached hydrogen (secondary N) is 1. The van der Waals surface area contributed by atoms with Gasteiger partial charge in [-0.1, -0.05) is 76.2 Å². The zero-order chi connectivity index (χ0) is 24.6. The molecule has 0 bridgehead atoms. The number of amides is 2. The van der Waals surface area contributed by atoms with Crippen LogP contribution < -0.4 is 5.32 Å². The number of ether oxygens (including phenoxy) is 1. The third-order valence-corrected chi connectivity index (χ3v) is 6.96. The van der Waals surface area contributed by atoms with Crippen LogP contribution >= 0.6 is 0 Å². The number of rotatable bonds is 5. The van der Waals surface area contributed by atoms with Gasteiger partial charge in [0.25, 0.3) is 0 Å². The van der Waals surface area contributed by atoms with Gasteiger partial charge in [-0.05, 0) is 40.0 Å². The number of hydrogen-bond acceptors (Lipinski definition) is 4. The summed E-state index contributed by atoms with van der Waals surface area (Å²) in [4.78, 5) is 39.4. The first-order chi connectivity index (χ1) is 16.1. The predicted molar refractivity (Wildman–Crippen MR) is 128 cm³/mol. The van der Waals surface area contributed by atoms with Crippen LogP contribution in [0.1, 0.15) is 51.2 Å². The SMILES string of the molecule is CC1CCN(C(=O)[C@@H](NC(=O)OCC2c3ccccc3-c3ccccc32)C(C)(C)C)C1C(=O)O. The zero-order valence-electron chi connectivity index (χ0n) is 20.1. The summed E-state index contributed by atoms with van der Waals surface area (Å²) in [6.45, 7) is 7.86. The summed E-state index contributed by atoms with van der Waals surface area (Å²) < 4.78 is 5.64. The molecule has 1 saturated heterocycles. The lowest BCUT2D eigenvalue weighted by Crippen LogP contribution is -2.57. The molecule has 1 aliphatic carbocycles. The molecule has 0 saturated carbocycles. The average molecular weight is 465 g/mol. The van der Waals surface area contributed by atoms with Crippen LogP contribution in [0.2, 0.25) is 0 Å². The second-order valence-electron chi connectivity index (χ2n) is 10.3. The maximum absolute atomic E-state index is 13.4. The van der Waals surface area contributed by atoms with Crippen LogP contribution in [-0.2, 0) is 14.3 Å². The number of carboxylic acid groups (broad SMARTS) is 1. The molecule has 7 nitrogen and oxygen atoms in total. The normalized spacial score (nSPS) is 20.4. The summed E-state index contributed by atoms with van der Waals surface area (Å²) >= 11 is 0. The molecular formula is C27H32N2O5. The van der Waals surface area contributed by atoms with Gasteiger partial charge in [-0.3, -0.25) is 4.79 Å². The molecule has 3 atom stereocenters. The first-order valence-electron chi connectivity index (χ1n) is 11.7. The van der Waals surface area contributed by atoms with Crippen LogP contribution in [0.5, 0.6) is 0 Å². The molecule has 2 amide bonds. The van der Waals surface area contributed by atoms with Crippen molar-refractivity contribution in [1.29, 1.82) is 0 Å². The predicted octanol–water partition coefficient (Wildman–Crippen LogP) is 4.26. The molecule has 2 N–H and O–H groups in total. The van der Waals surface area contributed by atoms with Crippen LogP contribution in [0, 0.1) is 11.3 Å². The van der Waals surface area contributed by atoms with E-state index in [-0.39, 0.29) is 18.4 Å². The number of carbonyl (C=O) groups excluding carboxylic acids is 2. The van der Waals surface area contributed by atoms with E-state index in [0.29, 0.717) is 13.0 Å². The minimum absolute atomic E-state index is 0.0854. The Labute approximate surface area is 200 Å². The van der Waals surface area contributed by atoms with E-state index < -0.39 is 35.5 Å². The molecule has 2 unspecified atom stereocenters. The van der Waals surface area contributed by atoms with Crippen molar-refractivity contribution in [2.45, 2.75) is 52.1 Å². The molecule has 4 rings (SSSR count). The fourth-order valence-electron chi connectivity index (χ4n) is 5.14. The maximum atomic E-state index is 13.4. The van der Waals surface area contributed by atoms with Crippen molar-refractivity contribution in [3.05, 3.63) is 59.7 Å². The van der Waals surface area contributed by atoms with Crippen molar-refractivity contribution < 1.29 is 24.2 Å². The Bertz CT molecular complexity index is 1060. The third-order valence-electron chi connectivity index (χ3n) is 6.96. The Balaban J connectivity index is 1.48. The molecule has 2 aliphatic rings. The first kappa shape index (κ1) is 23.8. The quantitative estimate of drug-likeness (QED) is 0.689. The van der Waals surface area contributed by atoms with Gasteiger partial charge in [0.2, 0.25) is 5.91 Å². The molecular weight excluding hydrogens is 432 g/mol. The average Bonchev–Trinajstić information content (AvgIpc) is 3.33. The van der Waals surface area contributed by atoms with Crippen molar-refractivity contribution in [2.24, 2.45) is 11.3 Å². The van der Waals surface area contributed by atoms with Crippen LogP contribution in [-0.4, -0.2) is 53.2 Å². The lowest BCUT2D eigenvalue weighted by atomic mass is 9.85. The van der Waals surface area contributed by atoms with Crippen molar-refractivity contribution in [1.82, 2.24) is 10.2 Å². The van der Waals surface area contributed by atoms with Crippen LogP contribution in [0.3, 0.4) is 0 Å². The Kier molecular flexibility index (Phi) is 6.39. The van der Waals surface area contributed by atoms with E-state index in [9.17, 15) is 19.5 Å². The highest BCUT2D eigenvalue weighted by Crippen LogP contribution is 2.44. The first-order valence-corrected chi connectivity index (χ1v) is 11.7. The lowest BCUT2D eigenvalue weighted by molar-refractivity contribution is -0.151. The van der Waals surface area contributed by atoms with E-state index in [1.165, 1.54) is 4.90 Å². The highest BCUT2D eigenvalue weighted by Gasteiger charge is 2.45. The smallest absolute Gasteiger partial charge is 0.407 e. The summed E-state index contributed by atoms with van der Waals surface area (Å²) in [6.07, 6.45) is -0.0703. The van der Waals surface area contributed by atoms with Crippen molar-refractivity contribution >= 4 is 18.0 Å². The highest BCUT2D eigenvalue weighted by atomic mass is 16.5. The number of hydrogen-bond donors (Lipinski definition) is 2. The van der Waals surface area contributed by atoms with Gasteiger partial charge in [0.05, 0.1) is 0 Å². The summed E-state index contributed by atoms with van der Waals surface area (Å²) in [5, 5.41) is 12.4. The Morgan fingerprint density at radius 1 is 1.06 bits per heavy atom. The van der Waals surface area contributed by atoms with E-state index in [1.54, 1.807) is 0 Å². The van der Waals surface area contributed by atoms with Crippen molar-refractivity contribution in [3.8, 4) is 11.1 Å². The number of carboxylic acids is 1. The molecule has 180 valence electrons. The lowest BCUT2D eigenvalue weighted by Gasteiger charge is -2.35. The molecule has 1 heterocycles. The maximum Gasteiger partial charge on any atom is 0.407 e. The topological polar surface area (TPSA) is 95.9 Å². The molecule has 1 fully saturated rings. The van der Waals surface area contributed by atoms with Gasteiger partial charge in [0, 0.05) is 12.5 Å². The summed E-state index contributed by atoms with van der Waals surface area (Å²) in [5.74, 6) is -1.64. The summed E-state index contributed by atoms with van der Waals surface area (Å²) in [7, 11) is 0. The van der Waals surface area contributed by atoms with Crippen LogP contribution in [0.25, 0.3) is 11.1 Å². The second-order valence-corrected chi connectivity index (χ2v) is 10.3. The molecule has 7 heteroatoms. The number of alkyl carbamates (subject to hydrolysis) is 1. The van der Waals surface area contributed by atoms with E-state index >= 15 is 0 Å². The Hall–Kier alpha value is -3.35. The van der Waals surface area contributed by atoms with Gasteiger partial charge in [-0.15, -0.1) is 0 Å². The monoisotopic (exact) mass is 464 g/mol. The van der Waals surface area contributed by atoms with Gasteiger partial charge >= 0.3 is 12.1 Å². The van der Waals surface area contributed by atoms with Crippen LogP contribution in [0.4, 0.5) is 4.79 Å². The van der Waals surface area contributed by atoms with E-state index in [0.717, 1.165) is 22.3 Å². The fourth-order valence-corrected chi connectivity index (χ4v) is 5.14. The van der Waals surface area contributed by atoms with E-state index in [2.05, 4.69) is 17.4 Å². The molecule has 34 heavy (non-hydrogen) atoms. The standard InChI is InChI=1S/C27H32N2O5/c1-16-13-14-29(22(16)25(31)32)24(30)23(27(2,3)4)28-26(33)34-15-21-19-11-7-5-9-17(19)18-10-6-8-12-20(18)21/h5-12,16,21-23H,13-15H2,1-4H3,(H,28,33)(H,31,32)/t16?,22?,23-/m1/s1. The molecule has 2 aromatic rings. The van der Waals surface area contributed by atoms with Crippen molar-refractivity contribution in [3.63, 3.8) is 0 Å². The van der Waals surface area contributed by atoms with Gasteiger partial charge in [-0.2, -0.15) is 0 Å². The number of aliphatic carboxylic acids is 1. The van der Waals surface area contributed by atoms with Crippen LogP contribution in [0.15, 0.2) is 48.5 Å². The number of fused-ring (bicyclic) bond motifs is 3. The number of benzene rings is 2. The molecule has 0 aromatic heterocycles. The summed E-state index contributed by atoms with van der Waals surface area (Å²) in [6, 6.07) is 14.4. The number of likely N-dealkylation sites (tertiary alicyclic amines) is 1. The molecule has 1 aliphatic heterocycles. The molecule has 2 aromatic carbocycles. The largest absolute Gasteiger partial charge is 0.480 e. The Morgan fingerprint density at radius 2 is 1.62 bits per heavy atom. The number of nitrogens with zero attached hydrogens (tertiary/aromatic N) is 1. The minimum atomic E-state index is -1.02. The zero-order valence-corrected chi connectivity index (χ0v) is 20.1. The number of carbonyl (C=O) groups is 3. The van der Waals surface area contributed by atoms with Gasteiger partial charge in [0.15, 0.2) is 0 Å². The van der Waals surface area contributed by atoms with E-state index in [4.69, 9.17) is 4.74 Å². The highest BCUT2D eigenvalue weighted by molar-refractivity contribution is 5.90. The van der Waals surface area contributed by atoms with Crippen molar-refractivity contribution in [2.75, 3.05) is 13.2 Å². The Morgan fingerprint density at radius 3 is 2.15 bits per heavy atom.